The molecule has 0 aliphatic carbocycles. The number of hydrogen-bond acceptors (Lipinski definition) is 4. The molecule has 0 aliphatic rings. The minimum atomic E-state index is -0.150. The number of allylic oxidation sites excluding steroid dienone is 1. The molecule has 132 valence electrons. The van der Waals surface area contributed by atoms with Gasteiger partial charge < -0.3 is 19.5 Å². The summed E-state index contributed by atoms with van der Waals surface area (Å²) in [5.74, 6) is 1.93. The number of rotatable bonds is 7. The molecule has 2 aromatic carbocycles. The van der Waals surface area contributed by atoms with Crippen molar-refractivity contribution in [2.45, 2.75) is 13.5 Å². The van der Waals surface area contributed by atoms with Crippen molar-refractivity contribution in [2.24, 2.45) is 0 Å². The summed E-state index contributed by atoms with van der Waals surface area (Å²) in [6, 6.07) is 13.1. The van der Waals surface area contributed by atoms with Crippen molar-refractivity contribution in [1.82, 2.24) is 5.32 Å². The van der Waals surface area contributed by atoms with Crippen LogP contribution in [0.5, 0.6) is 17.2 Å². The lowest BCUT2D eigenvalue weighted by molar-refractivity contribution is -0.116. The lowest BCUT2D eigenvalue weighted by Gasteiger charge is -2.10. The summed E-state index contributed by atoms with van der Waals surface area (Å²) in [5, 5.41) is 2.87. The number of amides is 1. The Kier molecular flexibility index (Phi) is 6.46. The monoisotopic (exact) mass is 341 g/mol. The van der Waals surface area contributed by atoms with E-state index in [2.05, 4.69) is 5.32 Å². The van der Waals surface area contributed by atoms with Crippen molar-refractivity contribution in [1.29, 1.82) is 0 Å². The van der Waals surface area contributed by atoms with Gasteiger partial charge in [-0.15, -0.1) is 0 Å². The average Bonchev–Trinajstić information content (AvgIpc) is 2.66. The molecule has 0 fully saturated rings. The minimum Gasteiger partial charge on any atom is -0.497 e. The average molecular weight is 341 g/mol. The zero-order chi connectivity index (χ0) is 18.2. The van der Waals surface area contributed by atoms with Gasteiger partial charge in [0.2, 0.25) is 5.91 Å². The smallest absolute Gasteiger partial charge is 0.244 e. The Morgan fingerprint density at radius 1 is 0.960 bits per heavy atom. The van der Waals surface area contributed by atoms with Crippen LogP contribution in [0.4, 0.5) is 0 Å². The third-order valence-electron chi connectivity index (χ3n) is 3.81. The molecule has 0 aromatic heterocycles. The Labute approximate surface area is 148 Å². The largest absolute Gasteiger partial charge is 0.497 e. The summed E-state index contributed by atoms with van der Waals surface area (Å²) < 4.78 is 15.6. The lowest BCUT2D eigenvalue weighted by atomic mass is 10.1. The van der Waals surface area contributed by atoms with Gasteiger partial charge in [0.25, 0.3) is 0 Å². The van der Waals surface area contributed by atoms with Gasteiger partial charge in [-0.25, -0.2) is 0 Å². The van der Waals surface area contributed by atoms with Gasteiger partial charge in [-0.05, 0) is 47.9 Å². The van der Waals surface area contributed by atoms with Crippen LogP contribution < -0.4 is 19.5 Å². The fourth-order valence-electron chi connectivity index (χ4n) is 2.36. The van der Waals surface area contributed by atoms with E-state index in [1.807, 2.05) is 49.4 Å². The van der Waals surface area contributed by atoms with Crippen molar-refractivity contribution in [3.8, 4) is 17.2 Å². The highest BCUT2D eigenvalue weighted by Gasteiger charge is 2.06. The second kappa shape index (κ2) is 8.78. The summed E-state index contributed by atoms with van der Waals surface area (Å²) in [7, 11) is 4.80. The van der Waals surface area contributed by atoms with Crippen molar-refractivity contribution in [3.63, 3.8) is 0 Å². The van der Waals surface area contributed by atoms with E-state index in [1.54, 1.807) is 27.4 Å². The minimum absolute atomic E-state index is 0.150. The van der Waals surface area contributed by atoms with Crippen LogP contribution in [-0.4, -0.2) is 27.2 Å². The first-order chi connectivity index (χ1) is 12.1. The molecule has 0 spiro atoms. The van der Waals surface area contributed by atoms with Crippen LogP contribution in [0.3, 0.4) is 0 Å². The molecule has 0 radical (unpaired) electrons. The maximum absolute atomic E-state index is 12.1. The van der Waals surface area contributed by atoms with E-state index < -0.39 is 0 Å². The summed E-state index contributed by atoms with van der Waals surface area (Å²) in [4.78, 5) is 12.1. The predicted octanol–water partition coefficient (Wildman–Crippen LogP) is 3.43. The third kappa shape index (κ3) is 5.01. The lowest BCUT2D eigenvalue weighted by Crippen LogP contribution is -2.20. The number of carbonyl (C=O) groups is 1. The molecule has 0 aliphatic heterocycles. The fourth-order valence-corrected chi connectivity index (χ4v) is 2.36. The van der Waals surface area contributed by atoms with Crippen LogP contribution in [0.15, 0.2) is 48.5 Å². The van der Waals surface area contributed by atoms with Crippen LogP contribution in [0.1, 0.15) is 18.1 Å². The predicted molar refractivity (Wildman–Crippen MR) is 98.0 cm³/mol. The third-order valence-corrected chi connectivity index (χ3v) is 3.81. The van der Waals surface area contributed by atoms with Crippen molar-refractivity contribution >= 4 is 11.5 Å². The summed E-state index contributed by atoms with van der Waals surface area (Å²) in [5.41, 5.74) is 2.79. The van der Waals surface area contributed by atoms with Gasteiger partial charge in [0, 0.05) is 12.6 Å². The van der Waals surface area contributed by atoms with E-state index in [4.69, 9.17) is 14.2 Å². The van der Waals surface area contributed by atoms with Gasteiger partial charge in [-0.1, -0.05) is 18.2 Å². The Morgan fingerprint density at radius 3 is 2.24 bits per heavy atom. The highest BCUT2D eigenvalue weighted by atomic mass is 16.5. The molecule has 5 heteroatoms. The van der Waals surface area contributed by atoms with Crippen LogP contribution in [-0.2, 0) is 11.3 Å². The van der Waals surface area contributed by atoms with E-state index in [0.717, 1.165) is 22.4 Å². The zero-order valence-electron chi connectivity index (χ0n) is 15.0. The normalized spacial score (nSPS) is 11.0. The first kappa shape index (κ1) is 18.4. The maximum Gasteiger partial charge on any atom is 0.244 e. The Bertz CT molecular complexity index is 751. The van der Waals surface area contributed by atoms with Gasteiger partial charge in [0.1, 0.15) is 5.75 Å². The molecule has 0 heterocycles. The Hall–Kier alpha value is -2.95. The second-order valence-electron chi connectivity index (χ2n) is 5.46. The number of benzene rings is 2. The van der Waals surface area contributed by atoms with Gasteiger partial charge >= 0.3 is 0 Å². The van der Waals surface area contributed by atoms with Gasteiger partial charge in [-0.2, -0.15) is 0 Å². The molecular weight excluding hydrogens is 318 g/mol. The fraction of sp³-hybridized carbons (Fsp3) is 0.250. The summed E-state index contributed by atoms with van der Waals surface area (Å²) >= 11 is 0. The van der Waals surface area contributed by atoms with E-state index in [-0.39, 0.29) is 5.91 Å². The molecule has 0 saturated heterocycles. The van der Waals surface area contributed by atoms with E-state index >= 15 is 0 Å². The number of ether oxygens (including phenoxy) is 3. The maximum atomic E-state index is 12.1. The van der Waals surface area contributed by atoms with Gasteiger partial charge in [0.15, 0.2) is 11.5 Å². The van der Waals surface area contributed by atoms with Gasteiger partial charge in [0.05, 0.1) is 21.3 Å². The molecule has 1 amide bonds. The molecule has 2 rings (SSSR count). The highest BCUT2D eigenvalue weighted by molar-refractivity contribution is 5.94. The Morgan fingerprint density at radius 2 is 1.64 bits per heavy atom. The second-order valence-corrected chi connectivity index (χ2v) is 5.46. The van der Waals surface area contributed by atoms with Crippen LogP contribution >= 0.6 is 0 Å². The number of hydrogen-bond donors (Lipinski definition) is 1. The van der Waals surface area contributed by atoms with E-state index in [9.17, 15) is 4.79 Å². The molecule has 0 saturated carbocycles. The Balaban J connectivity index is 1.99. The number of carbonyl (C=O) groups excluding carboxylic acids is 1. The molecule has 2 aromatic rings. The summed E-state index contributed by atoms with van der Waals surface area (Å²) in [6.45, 7) is 2.31. The SMILES string of the molecule is COc1ccc(/C(C)=C/C(=O)NCc2ccc(OC)c(OC)c2)cc1. The first-order valence-corrected chi connectivity index (χ1v) is 7.89. The highest BCUT2D eigenvalue weighted by Crippen LogP contribution is 2.27. The number of nitrogens with one attached hydrogen (secondary N) is 1. The quantitative estimate of drug-likeness (QED) is 0.784. The molecule has 1 N–H and O–H groups in total. The first-order valence-electron chi connectivity index (χ1n) is 7.89. The molecular formula is C20H23NO4. The summed E-state index contributed by atoms with van der Waals surface area (Å²) in [6.07, 6.45) is 1.59. The van der Waals surface area contributed by atoms with Crippen LogP contribution in [0.2, 0.25) is 0 Å². The van der Waals surface area contributed by atoms with E-state index in [0.29, 0.717) is 18.0 Å². The zero-order valence-corrected chi connectivity index (χ0v) is 15.0. The van der Waals surface area contributed by atoms with Crippen molar-refractivity contribution < 1.29 is 19.0 Å². The van der Waals surface area contributed by atoms with Crippen molar-refractivity contribution in [3.05, 3.63) is 59.7 Å². The standard InChI is InChI=1S/C20H23NO4/c1-14(16-6-8-17(23-2)9-7-16)11-20(22)21-13-15-5-10-18(24-3)19(12-15)25-4/h5-12H,13H2,1-4H3,(H,21,22)/b14-11+. The van der Waals surface area contributed by atoms with E-state index in [1.165, 1.54) is 0 Å². The van der Waals surface area contributed by atoms with Crippen molar-refractivity contribution in [2.75, 3.05) is 21.3 Å². The van der Waals surface area contributed by atoms with Gasteiger partial charge in [-0.3, -0.25) is 4.79 Å². The molecule has 0 atom stereocenters. The molecule has 25 heavy (non-hydrogen) atoms. The van der Waals surface area contributed by atoms with Crippen LogP contribution in [0.25, 0.3) is 5.57 Å². The van der Waals surface area contributed by atoms with Crippen LogP contribution in [0, 0.1) is 0 Å². The number of methoxy groups -OCH3 is 3. The molecule has 5 nitrogen and oxygen atoms in total. The molecule has 0 unspecified atom stereocenters. The topological polar surface area (TPSA) is 56.8 Å². The molecule has 0 bridgehead atoms.